The first kappa shape index (κ1) is 12.9. The number of nitrogens with zero attached hydrogens (tertiary/aromatic N) is 1. The van der Waals surface area contributed by atoms with Gasteiger partial charge in [0.2, 0.25) is 0 Å². The molecule has 1 unspecified atom stereocenters. The molecule has 0 amide bonds. The molecular formula is C15H22ClN. The van der Waals surface area contributed by atoms with Crippen molar-refractivity contribution in [3.63, 3.8) is 0 Å². The molecule has 0 aliphatic carbocycles. The van der Waals surface area contributed by atoms with E-state index in [4.69, 9.17) is 11.6 Å². The number of likely N-dealkylation sites (tertiary alicyclic amines) is 1. The first-order valence-electron chi connectivity index (χ1n) is 6.49. The minimum Gasteiger partial charge on any atom is -0.298 e. The second-order valence-electron chi connectivity index (χ2n) is 5.35. The Hall–Kier alpha value is -0.530. The molecule has 1 aromatic rings. The second kappa shape index (κ2) is 5.41. The topological polar surface area (TPSA) is 3.24 Å². The molecule has 1 aliphatic heterocycles. The summed E-state index contributed by atoms with van der Waals surface area (Å²) in [4.78, 5) is 2.49. The zero-order valence-corrected chi connectivity index (χ0v) is 11.8. The highest BCUT2D eigenvalue weighted by molar-refractivity contribution is 6.20. The number of rotatable bonds is 2. The van der Waals surface area contributed by atoms with Crippen molar-refractivity contribution in [2.24, 2.45) is 0 Å². The highest BCUT2D eigenvalue weighted by Crippen LogP contribution is 2.22. The van der Waals surface area contributed by atoms with Gasteiger partial charge in [-0.3, -0.25) is 4.90 Å². The largest absolute Gasteiger partial charge is 0.298 e. The van der Waals surface area contributed by atoms with Gasteiger partial charge in [0.1, 0.15) is 0 Å². The van der Waals surface area contributed by atoms with Crippen molar-refractivity contribution in [1.29, 1.82) is 0 Å². The highest BCUT2D eigenvalue weighted by Gasteiger charge is 2.18. The lowest BCUT2D eigenvalue weighted by Crippen LogP contribution is -2.35. The molecule has 2 heteroatoms. The van der Waals surface area contributed by atoms with Crippen LogP contribution in [0.3, 0.4) is 0 Å². The number of benzene rings is 1. The number of alkyl halides is 1. The minimum atomic E-state index is 0.342. The Morgan fingerprint density at radius 2 is 1.88 bits per heavy atom. The van der Waals surface area contributed by atoms with Gasteiger partial charge in [-0.1, -0.05) is 17.7 Å². The number of hydrogen-bond donors (Lipinski definition) is 0. The summed E-state index contributed by atoms with van der Waals surface area (Å²) in [5, 5.41) is 0.342. The second-order valence-corrected chi connectivity index (χ2v) is 5.97. The molecule has 1 aromatic carbocycles. The molecule has 1 fully saturated rings. The van der Waals surface area contributed by atoms with Gasteiger partial charge in [-0.2, -0.15) is 0 Å². The van der Waals surface area contributed by atoms with Gasteiger partial charge in [0.25, 0.3) is 0 Å². The molecule has 0 N–H and O–H groups in total. The van der Waals surface area contributed by atoms with E-state index in [2.05, 4.69) is 37.8 Å². The average molecular weight is 252 g/mol. The van der Waals surface area contributed by atoms with Crippen LogP contribution >= 0.6 is 11.6 Å². The van der Waals surface area contributed by atoms with Crippen LogP contribution in [0.2, 0.25) is 0 Å². The van der Waals surface area contributed by atoms with E-state index in [1.54, 1.807) is 0 Å². The number of halogens is 1. The van der Waals surface area contributed by atoms with E-state index in [9.17, 15) is 0 Å². The van der Waals surface area contributed by atoms with Crippen LogP contribution < -0.4 is 0 Å². The molecule has 0 spiro atoms. The van der Waals surface area contributed by atoms with Crippen molar-refractivity contribution in [2.75, 3.05) is 13.1 Å². The van der Waals surface area contributed by atoms with Gasteiger partial charge in [-0.05, 0) is 56.8 Å². The van der Waals surface area contributed by atoms with Crippen molar-refractivity contribution < 1.29 is 0 Å². The van der Waals surface area contributed by atoms with Crippen LogP contribution in [-0.2, 0) is 6.54 Å². The van der Waals surface area contributed by atoms with E-state index in [1.165, 1.54) is 41.6 Å². The summed E-state index contributed by atoms with van der Waals surface area (Å²) < 4.78 is 0. The van der Waals surface area contributed by atoms with Crippen LogP contribution in [0.25, 0.3) is 0 Å². The fourth-order valence-corrected chi connectivity index (χ4v) is 3.18. The Bertz CT molecular complexity index is 377. The van der Waals surface area contributed by atoms with E-state index in [-0.39, 0.29) is 0 Å². The predicted molar refractivity (Wildman–Crippen MR) is 74.8 cm³/mol. The molecule has 17 heavy (non-hydrogen) atoms. The van der Waals surface area contributed by atoms with E-state index in [0.29, 0.717) is 5.38 Å². The van der Waals surface area contributed by atoms with Crippen LogP contribution in [0.1, 0.15) is 35.1 Å². The quantitative estimate of drug-likeness (QED) is 0.723. The summed E-state index contributed by atoms with van der Waals surface area (Å²) in [6.07, 6.45) is 2.40. The molecular weight excluding hydrogens is 230 g/mol. The van der Waals surface area contributed by atoms with Crippen molar-refractivity contribution in [3.05, 3.63) is 34.4 Å². The van der Waals surface area contributed by atoms with Crippen LogP contribution in [0.4, 0.5) is 0 Å². The zero-order chi connectivity index (χ0) is 12.4. The molecule has 1 saturated heterocycles. The third-order valence-corrected chi connectivity index (χ3v) is 4.03. The lowest BCUT2D eigenvalue weighted by molar-refractivity contribution is 0.223. The van der Waals surface area contributed by atoms with E-state index < -0.39 is 0 Å². The number of hydrogen-bond acceptors (Lipinski definition) is 1. The lowest BCUT2D eigenvalue weighted by Gasteiger charge is -2.30. The summed E-state index contributed by atoms with van der Waals surface area (Å²) in [5.41, 5.74) is 5.68. The normalized spacial score (nSPS) is 21.8. The average Bonchev–Trinajstić information content (AvgIpc) is 2.23. The van der Waals surface area contributed by atoms with Gasteiger partial charge in [-0.25, -0.2) is 0 Å². The SMILES string of the molecule is Cc1cc(C)c(CN2CCCC(Cl)C2)c(C)c1. The Labute approximate surface area is 110 Å². The third-order valence-electron chi connectivity index (χ3n) is 3.67. The Balaban J connectivity index is 2.12. The fraction of sp³-hybridized carbons (Fsp3) is 0.600. The van der Waals surface area contributed by atoms with Gasteiger partial charge in [0.05, 0.1) is 0 Å². The van der Waals surface area contributed by atoms with Crippen molar-refractivity contribution in [2.45, 2.75) is 45.5 Å². The molecule has 94 valence electrons. The Kier molecular flexibility index (Phi) is 4.11. The van der Waals surface area contributed by atoms with Crippen LogP contribution in [-0.4, -0.2) is 23.4 Å². The summed E-state index contributed by atoms with van der Waals surface area (Å²) in [6, 6.07) is 4.56. The molecule has 1 heterocycles. The van der Waals surface area contributed by atoms with Crippen LogP contribution in [0.15, 0.2) is 12.1 Å². The fourth-order valence-electron chi connectivity index (χ4n) is 2.83. The monoisotopic (exact) mass is 251 g/mol. The molecule has 0 bridgehead atoms. The standard InChI is InChI=1S/C15H22ClN/c1-11-7-12(2)15(13(3)8-11)10-17-6-4-5-14(16)9-17/h7-8,14H,4-6,9-10H2,1-3H3. The molecule has 0 radical (unpaired) electrons. The number of aryl methyl sites for hydroxylation is 3. The first-order chi connectivity index (χ1) is 8.06. The van der Waals surface area contributed by atoms with Gasteiger partial charge in [-0.15, -0.1) is 11.6 Å². The molecule has 1 aliphatic rings. The Morgan fingerprint density at radius 1 is 1.24 bits per heavy atom. The molecule has 0 aromatic heterocycles. The molecule has 2 rings (SSSR count). The van der Waals surface area contributed by atoms with Gasteiger partial charge < -0.3 is 0 Å². The predicted octanol–water partition coefficient (Wildman–Crippen LogP) is 3.82. The van der Waals surface area contributed by atoms with Crippen molar-refractivity contribution in [3.8, 4) is 0 Å². The maximum absolute atomic E-state index is 6.24. The smallest absolute Gasteiger partial charge is 0.0463 e. The molecule has 0 saturated carbocycles. The lowest BCUT2D eigenvalue weighted by atomic mass is 9.98. The summed E-state index contributed by atoms with van der Waals surface area (Å²) in [7, 11) is 0. The zero-order valence-electron chi connectivity index (χ0n) is 11.1. The summed E-state index contributed by atoms with van der Waals surface area (Å²) in [5.74, 6) is 0. The minimum absolute atomic E-state index is 0.342. The summed E-state index contributed by atoms with van der Waals surface area (Å²) in [6.45, 7) is 9.89. The molecule has 1 atom stereocenters. The van der Waals surface area contributed by atoms with Gasteiger partial charge in [0, 0.05) is 18.5 Å². The van der Waals surface area contributed by atoms with Crippen molar-refractivity contribution in [1.82, 2.24) is 4.90 Å². The third kappa shape index (κ3) is 3.23. The van der Waals surface area contributed by atoms with Crippen LogP contribution in [0.5, 0.6) is 0 Å². The Morgan fingerprint density at radius 3 is 2.47 bits per heavy atom. The number of piperidine rings is 1. The maximum Gasteiger partial charge on any atom is 0.0463 e. The first-order valence-corrected chi connectivity index (χ1v) is 6.93. The molecule has 1 nitrogen and oxygen atoms in total. The van der Waals surface area contributed by atoms with Gasteiger partial charge in [0.15, 0.2) is 0 Å². The summed E-state index contributed by atoms with van der Waals surface area (Å²) >= 11 is 6.24. The maximum atomic E-state index is 6.24. The van der Waals surface area contributed by atoms with E-state index >= 15 is 0 Å². The van der Waals surface area contributed by atoms with E-state index in [0.717, 1.165) is 13.1 Å². The van der Waals surface area contributed by atoms with Crippen LogP contribution in [0, 0.1) is 20.8 Å². The highest BCUT2D eigenvalue weighted by atomic mass is 35.5. The van der Waals surface area contributed by atoms with Crippen molar-refractivity contribution >= 4 is 11.6 Å². The van der Waals surface area contributed by atoms with Gasteiger partial charge >= 0.3 is 0 Å². The van der Waals surface area contributed by atoms with E-state index in [1.807, 2.05) is 0 Å².